The molecule has 0 aromatic heterocycles. The molecular weight excluding hydrogens is 358 g/mol. The van der Waals surface area contributed by atoms with Gasteiger partial charge in [0.05, 0.1) is 18.6 Å². The Labute approximate surface area is 152 Å². The van der Waals surface area contributed by atoms with Crippen molar-refractivity contribution >= 4 is 22.3 Å². The number of amides is 2. The Hall–Kier alpha value is -2.39. The first-order valence-corrected chi connectivity index (χ1v) is 9.63. The van der Waals surface area contributed by atoms with Crippen LogP contribution in [0, 0.1) is 5.41 Å². The minimum atomic E-state index is -4.02. The van der Waals surface area contributed by atoms with Crippen LogP contribution in [0.3, 0.4) is 0 Å². The fourth-order valence-electron chi connectivity index (χ4n) is 3.30. The Bertz CT molecular complexity index is 850. The molecular formula is C17H23N3O5S. The summed E-state index contributed by atoms with van der Waals surface area (Å²) in [5.41, 5.74) is 0.604. The van der Waals surface area contributed by atoms with Gasteiger partial charge in [-0.3, -0.25) is 9.59 Å². The quantitative estimate of drug-likeness (QED) is 0.578. The lowest BCUT2D eigenvalue weighted by Gasteiger charge is -2.31. The van der Waals surface area contributed by atoms with E-state index in [0.29, 0.717) is 18.4 Å². The maximum atomic E-state index is 12.4. The number of hydrogen-bond acceptors (Lipinski definition) is 5. The van der Waals surface area contributed by atoms with E-state index in [9.17, 15) is 18.0 Å². The van der Waals surface area contributed by atoms with Crippen molar-refractivity contribution in [3.05, 3.63) is 35.5 Å². The summed E-state index contributed by atoms with van der Waals surface area (Å²) in [5.74, 6) is -0.0311. The second kappa shape index (κ2) is 7.46. The highest BCUT2D eigenvalue weighted by Gasteiger charge is 2.43. The number of rotatable bonds is 8. The van der Waals surface area contributed by atoms with Gasteiger partial charge >= 0.3 is 0 Å². The number of sulfonamides is 1. The van der Waals surface area contributed by atoms with Gasteiger partial charge in [0.1, 0.15) is 10.6 Å². The highest BCUT2D eigenvalue weighted by molar-refractivity contribution is 7.89. The standard InChI is InChI=1S/C17H23N3O5S/c1-4-17(11(2)9-19-16(17)22)8-13(20-10-21)12-5-6-14(25-3)15(7-12)26(18,23)24/h5-7,9-10,13H,4,8H2,1-3H3,(H,19,22)(H,20,21)(H2,18,23,24). The molecule has 4 N–H and O–H groups in total. The van der Waals surface area contributed by atoms with Crippen molar-refractivity contribution in [2.75, 3.05) is 7.11 Å². The Morgan fingerprint density at radius 3 is 2.58 bits per heavy atom. The zero-order valence-electron chi connectivity index (χ0n) is 14.9. The van der Waals surface area contributed by atoms with Crippen molar-refractivity contribution in [3.8, 4) is 5.75 Å². The number of hydrogen-bond donors (Lipinski definition) is 3. The van der Waals surface area contributed by atoms with Crippen LogP contribution in [-0.2, 0) is 19.6 Å². The van der Waals surface area contributed by atoms with E-state index in [2.05, 4.69) is 10.6 Å². The molecule has 1 aliphatic rings. The van der Waals surface area contributed by atoms with E-state index in [4.69, 9.17) is 9.88 Å². The number of primary sulfonamides is 1. The van der Waals surface area contributed by atoms with Gasteiger partial charge in [-0.05, 0) is 43.0 Å². The summed E-state index contributed by atoms with van der Waals surface area (Å²) in [5, 5.41) is 10.7. The lowest BCUT2D eigenvalue weighted by Crippen LogP contribution is -2.37. The van der Waals surface area contributed by atoms with Crippen molar-refractivity contribution in [2.45, 2.75) is 37.6 Å². The van der Waals surface area contributed by atoms with E-state index in [-0.39, 0.29) is 23.0 Å². The van der Waals surface area contributed by atoms with E-state index in [0.717, 1.165) is 5.57 Å². The molecule has 2 amide bonds. The molecule has 1 heterocycles. The van der Waals surface area contributed by atoms with Crippen molar-refractivity contribution in [2.24, 2.45) is 10.6 Å². The zero-order chi connectivity index (χ0) is 19.5. The molecule has 0 aliphatic carbocycles. The number of benzene rings is 1. The van der Waals surface area contributed by atoms with Crippen molar-refractivity contribution < 1.29 is 22.7 Å². The lowest BCUT2D eigenvalue weighted by molar-refractivity contribution is -0.128. The van der Waals surface area contributed by atoms with Crippen LogP contribution in [0.25, 0.3) is 0 Å². The summed E-state index contributed by atoms with van der Waals surface area (Å²) in [6.07, 6.45) is 3.01. The van der Waals surface area contributed by atoms with Gasteiger partial charge < -0.3 is 15.4 Å². The third-order valence-corrected chi connectivity index (χ3v) is 5.86. The number of ether oxygens (including phenoxy) is 1. The van der Waals surface area contributed by atoms with Crippen LogP contribution in [0.1, 0.15) is 38.3 Å². The van der Waals surface area contributed by atoms with Crippen LogP contribution in [0.5, 0.6) is 5.75 Å². The topological polar surface area (TPSA) is 128 Å². The molecule has 2 rings (SSSR count). The second-order valence-corrected chi connectivity index (χ2v) is 7.76. The van der Waals surface area contributed by atoms with Gasteiger partial charge in [-0.2, -0.15) is 0 Å². The van der Waals surface area contributed by atoms with Gasteiger partial charge in [-0.25, -0.2) is 13.6 Å². The first-order valence-electron chi connectivity index (χ1n) is 8.08. The Morgan fingerprint density at radius 2 is 2.12 bits per heavy atom. The molecule has 9 heteroatoms. The fourth-order valence-corrected chi connectivity index (χ4v) is 4.03. The maximum Gasteiger partial charge on any atom is 0.241 e. The third kappa shape index (κ3) is 3.58. The minimum absolute atomic E-state index is 0.112. The van der Waals surface area contributed by atoms with E-state index in [1.165, 1.54) is 19.2 Å². The monoisotopic (exact) mass is 381 g/mol. The van der Waals surface area contributed by atoms with Gasteiger partial charge in [0, 0.05) is 6.20 Å². The summed E-state index contributed by atoms with van der Waals surface area (Å²) < 4.78 is 28.7. The molecule has 1 aromatic rings. The van der Waals surface area contributed by atoms with Crippen LogP contribution >= 0.6 is 0 Å². The smallest absolute Gasteiger partial charge is 0.241 e. The van der Waals surface area contributed by atoms with Crippen molar-refractivity contribution in [1.82, 2.24) is 10.6 Å². The molecule has 8 nitrogen and oxygen atoms in total. The van der Waals surface area contributed by atoms with Crippen LogP contribution in [0.4, 0.5) is 0 Å². The summed E-state index contributed by atoms with van der Waals surface area (Å²) >= 11 is 0. The van der Waals surface area contributed by atoms with Gasteiger partial charge in [0.2, 0.25) is 22.3 Å². The van der Waals surface area contributed by atoms with Crippen LogP contribution in [0.15, 0.2) is 34.9 Å². The first kappa shape index (κ1) is 19.9. The number of nitrogens with one attached hydrogen (secondary N) is 2. The van der Waals surface area contributed by atoms with Crippen LogP contribution in [0.2, 0.25) is 0 Å². The van der Waals surface area contributed by atoms with Gasteiger partial charge in [-0.1, -0.05) is 13.0 Å². The Kier molecular flexibility index (Phi) is 5.72. The van der Waals surface area contributed by atoms with E-state index in [1.807, 2.05) is 13.8 Å². The van der Waals surface area contributed by atoms with E-state index >= 15 is 0 Å². The van der Waals surface area contributed by atoms with Crippen LogP contribution < -0.4 is 20.5 Å². The SMILES string of the molecule is CCC1(CC(NC=O)c2ccc(OC)c(S(N)(=O)=O)c2)C(=O)NC=C1C. The molecule has 1 aromatic carbocycles. The number of carbonyl (C=O) groups is 2. The van der Waals surface area contributed by atoms with E-state index in [1.54, 1.807) is 12.3 Å². The number of methoxy groups -OCH3 is 1. The van der Waals surface area contributed by atoms with Gasteiger partial charge in [-0.15, -0.1) is 0 Å². The Morgan fingerprint density at radius 1 is 1.42 bits per heavy atom. The highest BCUT2D eigenvalue weighted by Crippen LogP contribution is 2.43. The molecule has 0 spiro atoms. The Balaban J connectivity index is 2.50. The zero-order valence-corrected chi connectivity index (χ0v) is 15.7. The second-order valence-electron chi connectivity index (χ2n) is 6.23. The number of carbonyl (C=O) groups excluding carboxylic acids is 2. The molecule has 0 bridgehead atoms. The summed E-state index contributed by atoms with van der Waals surface area (Å²) in [6, 6.07) is 3.91. The highest BCUT2D eigenvalue weighted by atomic mass is 32.2. The molecule has 0 saturated heterocycles. The third-order valence-electron chi connectivity index (χ3n) is 4.93. The molecule has 2 atom stereocenters. The maximum absolute atomic E-state index is 12.4. The van der Waals surface area contributed by atoms with E-state index < -0.39 is 21.5 Å². The average molecular weight is 381 g/mol. The molecule has 2 unspecified atom stereocenters. The summed E-state index contributed by atoms with van der Waals surface area (Å²) in [7, 11) is -2.68. The van der Waals surface area contributed by atoms with Crippen molar-refractivity contribution in [3.63, 3.8) is 0 Å². The molecule has 0 fully saturated rings. The molecule has 1 aliphatic heterocycles. The molecule has 26 heavy (non-hydrogen) atoms. The fraction of sp³-hybridized carbons (Fsp3) is 0.412. The average Bonchev–Trinajstić information content (AvgIpc) is 2.88. The number of nitrogens with two attached hydrogens (primary N) is 1. The van der Waals surface area contributed by atoms with Crippen molar-refractivity contribution in [1.29, 1.82) is 0 Å². The van der Waals surface area contributed by atoms with Gasteiger partial charge in [0.15, 0.2) is 0 Å². The van der Waals surface area contributed by atoms with Gasteiger partial charge in [0.25, 0.3) is 0 Å². The normalized spacial score (nSPS) is 20.9. The first-order chi connectivity index (χ1) is 12.2. The predicted molar refractivity (Wildman–Crippen MR) is 95.5 cm³/mol. The predicted octanol–water partition coefficient (Wildman–Crippen LogP) is 0.950. The molecule has 0 radical (unpaired) electrons. The molecule has 142 valence electrons. The molecule has 0 saturated carbocycles. The summed E-state index contributed by atoms with van der Waals surface area (Å²) in [6.45, 7) is 3.74. The summed E-state index contributed by atoms with van der Waals surface area (Å²) in [4.78, 5) is 23.4. The lowest BCUT2D eigenvalue weighted by atomic mass is 9.73. The van der Waals surface area contributed by atoms with Crippen LogP contribution in [-0.4, -0.2) is 27.8 Å². The minimum Gasteiger partial charge on any atom is -0.495 e. The largest absolute Gasteiger partial charge is 0.495 e.